The highest BCUT2D eigenvalue weighted by Gasteiger charge is 2.20. The van der Waals surface area contributed by atoms with Crippen LogP contribution in [0.25, 0.3) is 0 Å². The van der Waals surface area contributed by atoms with Crippen molar-refractivity contribution in [3.05, 3.63) is 29.3 Å². The maximum absolute atomic E-state index is 9.46. The minimum absolute atomic E-state index is 0.0634. The van der Waals surface area contributed by atoms with Gasteiger partial charge in [0.2, 0.25) is 0 Å². The second-order valence-corrected chi connectivity index (χ2v) is 6.68. The molecule has 2 heteroatoms. The van der Waals surface area contributed by atoms with E-state index in [4.69, 9.17) is 4.74 Å². The monoisotopic (exact) mass is 264 g/mol. The second kappa shape index (κ2) is 6.42. The topological polar surface area (TPSA) is 29.5 Å². The number of benzene rings is 1. The maximum Gasteiger partial charge on any atom is 0.122 e. The van der Waals surface area contributed by atoms with E-state index in [0.29, 0.717) is 11.8 Å². The van der Waals surface area contributed by atoms with Crippen LogP contribution in [0.5, 0.6) is 5.75 Å². The van der Waals surface area contributed by atoms with Crippen molar-refractivity contribution in [2.75, 3.05) is 13.7 Å². The van der Waals surface area contributed by atoms with Crippen molar-refractivity contribution >= 4 is 0 Å². The lowest BCUT2D eigenvalue weighted by molar-refractivity contribution is 0.189. The predicted molar refractivity (Wildman–Crippen MR) is 80.8 cm³/mol. The molecule has 1 unspecified atom stereocenters. The van der Waals surface area contributed by atoms with Crippen LogP contribution in [0.15, 0.2) is 18.2 Å². The number of rotatable bonds is 5. The van der Waals surface area contributed by atoms with Crippen molar-refractivity contribution in [2.24, 2.45) is 11.8 Å². The van der Waals surface area contributed by atoms with Crippen LogP contribution in [0.3, 0.4) is 0 Å². The fraction of sp³-hybridized carbons (Fsp3) is 0.647. The third kappa shape index (κ3) is 4.24. The smallest absolute Gasteiger partial charge is 0.122 e. The lowest BCUT2D eigenvalue weighted by Crippen LogP contribution is -2.18. The molecule has 0 aromatic heterocycles. The molecule has 2 nitrogen and oxygen atoms in total. The Hall–Kier alpha value is -1.02. The van der Waals surface area contributed by atoms with E-state index in [0.717, 1.165) is 12.2 Å². The van der Waals surface area contributed by atoms with Crippen LogP contribution < -0.4 is 4.74 Å². The molecule has 0 amide bonds. The molecule has 1 aromatic carbocycles. The van der Waals surface area contributed by atoms with Crippen molar-refractivity contribution in [3.8, 4) is 5.75 Å². The van der Waals surface area contributed by atoms with Crippen LogP contribution in [0, 0.1) is 11.8 Å². The molecule has 0 aliphatic rings. The molecule has 1 rings (SSSR count). The lowest BCUT2D eigenvalue weighted by atomic mass is 9.83. The Morgan fingerprint density at radius 3 is 2.26 bits per heavy atom. The molecule has 0 saturated heterocycles. The zero-order valence-electron chi connectivity index (χ0n) is 13.2. The minimum Gasteiger partial charge on any atom is -0.496 e. The molecule has 1 N–H and O–H groups in total. The van der Waals surface area contributed by atoms with Crippen molar-refractivity contribution in [1.82, 2.24) is 0 Å². The summed E-state index contributed by atoms with van der Waals surface area (Å²) in [4.78, 5) is 0. The number of aliphatic hydroxyl groups excluding tert-OH is 1. The van der Waals surface area contributed by atoms with Crippen LogP contribution in [0.4, 0.5) is 0 Å². The highest BCUT2D eigenvalue weighted by Crippen LogP contribution is 2.32. The zero-order chi connectivity index (χ0) is 14.6. The van der Waals surface area contributed by atoms with Crippen molar-refractivity contribution in [3.63, 3.8) is 0 Å². The molecule has 1 aromatic rings. The van der Waals surface area contributed by atoms with Gasteiger partial charge in [0, 0.05) is 6.61 Å². The Balaban J connectivity index is 3.05. The van der Waals surface area contributed by atoms with Crippen LogP contribution in [-0.2, 0) is 11.8 Å². The molecule has 0 spiro atoms. The molecule has 0 aliphatic carbocycles. The van der Waals surface area contributed by atoms with Gasteiger partial charge in [0.05, 0.1) is 7.11 Å². The molecular formula is C17H28O2. The highest BCUT2D eigenvalue weighted by atomic mass is 16.5. The molecule has 0 aliphatic heterocycles. The Morgan fingerprint density at radius 1 is 1.21 bits per heavy atom. The van der Waals surface area contributed by atoms with Gasteiger partial charge in [-0.25, -0.2) is 0 Å². The molecule has 0 heterocycles. The number of hydrogen-bond acceptors (Lipinski definition) is 2. The standard InChI is InChI=1S/C17H28O2/c1-12(2)14(11-18)9-13-7-8-16(19-6)15(10-13)17(3,4)5/h7-8,10,12,14,18H,9,11H2,1-6H3. The normalized spacial score (nSPS) is 13.7. The molecule has 1 atom stereocenters. The summed E-state index contributed by atoms with van der Waals surface area (Å²) >= 11 is 0. The molecule has 0 radical (unpaired) electrons. The summed E-state index contributed by atoms with van der Waals surface area (Å²) in [6.07, 6.45) is 0.918. The summed E-state index contributed by atoms with van der Waals surface area (Å²) in [6.45, 7) is 11.2. The van der Waals surface area contributed by atoms with E-state index >= 15 is 0 Å². The van der Waals surface area contributed by atoms with Gasteiger partial charge in [-0.2, -0.15) is 0 Å². The molecule has 108 valence electrons. The maximum atomic E-state index is 9.46. The molecule has 19 heavy (non-hydrogen) atoms. The zero-order valence-corrected chi connectivity index (χ0v) is 13.2. The van der Waals surface area contributed by atoms with Gasteiger partial charge in [0.25, 0.3) is 0 Å². The lowest BCUT2D eigenvalue weighted by Gasteiger charge is -2.24. The fourth-order valence-electron chi connectivity index (χ4n) is 2.28. The average Bonchev–Trinajstić information content (AvgIpc) is 2.34. The first-order chi connectivity index (χ1) is 8.79. The van der Waals surface area contributed by atoms with E-state index in [1.165, 1.54) is 11.1 Å². The van der Waals surface area contributed by atoms with Crippen LogP contribution in [0.2, 0.25) is 0 Å². The summed E-state index contributed by atoms with van der Waals surface area (Å²) in [5.41, 5.74) is 2.57. The first kappa shape index (κ1) is 16.0. The van der Waals surface area contributed by atoms with Crippen LogP contribution >= 0.6 is 0 Å². The second-order valence-electron chi connectivity index (χ2n) is 6.68. The number of aliphatic hydroxyl groups is 1. The first-order valence-electron chi connectivity index (χ1n) is 7.07. The molecule has 0 bridgehead atoms. The van der Waals surface area contributed by atoms with E-state index in [1.807, 2.05) is 6.07 Å². The van der Waals surface area contributed by atoms with Crippen molar-refractivity contribution in [2.45, 2.75) is 46.5 Å². The van der Waals surface area contributed by atoms with Gasteiger partial charge < -0.3 is 9.84 Å². The summed E-state index contributed by atoms with van der Waals surface area (Å²) in [5, 5.41) is 9.46. The van der Waals surface area contributed by atoms with Gasteiger partial charge in [-0.05, 0) is 40.9 Å². The predicted octanol–water partition coefficient (Wildman–Crippen LogP) is 3.80. The summed E-state index contributed by atoms with van der Waals surface area (Å²) in [7, 11) is 1.72. The van der Waals surface area contributed by atoms with Gasteiger partial charge in [-0.15, -0.1) is 0 Å². The van der Waals surface area contributed by atoms with Gasteiger partial charge in [0.1, 0.15) is 5.75 Å². The Morgan fingerprint density at radius 2 is 1.84 bits per heavy atom. The van der Waals surface area contributed by atoms with Gasteiger partial charge in [-0.1, -0.05) is 46.8 Å². The number of methoxy groups -OCH3 is 1. The quantitative estimate of drug-likeness (QED) is 0.876. The largest absolute Gasteiger partial charge is 0.496 e. The summed E-state index contributed by atoms with van der Waals surface area (Å²) in [6, 6.07) is 6.38. The molecular weight excluding hydrogens is 236 g/mol. The average molecular weight is 264 g/mol. The van der Waals surface area contributed by atoms with E-state index in [1.54, 1.807) is 7.11 Å². The summed E-state index contributed by atoms with van der Waals surface area (Å²) < 4.78 is 5.46. The van der Waals surface area contributed by atoms with Gasteiger partial charge in [-0.3, -0.25) is 0 Å². The Kier molecular flexibility index (Phi) is 5.42. The summed E-state index contributed by atoms with van der Waals surface area (Å²) in [5.74, 6) is 1.76. The van der Waals surface area contributed by atoms with Crippen molar-refractivity contribution < 1.29 is 9.84 Å². The van der Waals surface area contributed by atoms with Crippen molar-refractivity contribution in [1.29, 1.82) is 0 Å². The highest BCUT2D eigenvalue weighted by molar-refractivity contribution is 5.41. The van der Waals surface area contributed by atoms with E-state index in [-0.39, 0.29) is 12.0 Å². The first-order valence-corrected chi connectivity index (χ1v) is 7.07. The SMILES string of the molecule is COc1ccc(CC(CO)C(C)C)cc1C(C)(C)C. The van der Waals surface area contributed by atoms with Gasteiger partial charge >= 0.3 is 0 Å². The van der Waals surface area contributed by atoms with Gasteiger partial charge in [0.15, 0.2) is 0 Å². The van der Waals surface area contributed by atoms with Crippen LogP contribution in [-0.4, -0.2) is 18.8 Å². The Bertz CT molecular complexity index is 402. The Labute approximate surface area is 117 Å². The number of ether oxygens (including phenoxy) is 1. The molecule has 0 fully saturated rings. The van der Waals surface area contributed by atoms with E-state index < -0.39 is 0 Å². The third-order valence-electron chi connectivity index (χ3n) is 3.75. The van der Waals surface area contributed by atoms with Crippen LogP contribution in [0.1, 0.15) is 45.7 Å². The fourth-order valence-corrected chi connectivity index (χ4v) is 2.28. The van der Waals surface area contributed by atoms with E-state index in [2.05, 4.69) is 46.8 Å². The number of hydrogen-bond donors (Lipinski definition) is 1. The minimum atomic E-state index is 0.0634. The third-order valence-corrected chi connectivity index (χ3v) is 3.75. The molecule has 0 saturated carbocycles. The van der Waals surface area contributed by atoms with E-state index in [9.17, 15) is 5.11 Å².